The topological polar surface area (TPSA) is 62.4 Å². The predicted octanol–water partition coefficient (Wildman–Crippen LogP) is 4.51. The molecule has 0 heterocycles. The average molecular weight is 459 g/mol. The SMILES string of the molecule is COc1ccc(NC(=S)NC(NC(=O)/C=C\c2ccccc2)C(Cl)(Cl)Cl)cc1. The summed E-state index contributed by atoms with van der Waals surface area (Å²) in [4.78, 5) is 12.2. The van der Waals surface area contributed by atoms with Gasteiger partial charge < -0.3 is 20.7 Å². The number of ether oxygens (including phenoxy) is 1. The third-order valence-electron chi connectivity index (χ3n) is 3.46. The minimum Gasteiger partial charge on any atom is -0.497 e. The van der Waals surface area contributed by atoms with Crippen molar-refractivity contribution >= 4 is 69.8 Å². The number of thiocarbonyl (C=S) groups is 1. The van der Waals surface area contributed by atoms with Gasteiger partial charge in [-0.25, -0.2) is 0 Å². The molecule has 0 saturated heterocycles. The lowest BCUT2D eigenvalue weighted by Crippen LogP contribution is -2.55. The first-order valence-electron chi connectivity index (χ1n) is 8.10. The Morgan fingerprint density at radius 3 is 2.29 bits per heavy atom. The molecular formula is C19H18Cl3N3O2S. The van der Waals surface area contributed by atoms with Crippen LogP contribution in [0.2, 0.25) is 0 Å². The molecule has 0 aliphatic rings. The van der Waals surface area contributed by atoms with Crippen LogP contribution < -0.4 is 20.7 Å². The van der Waals surface area contributed by atoms with Crippen molar-refractivity contribution in [2.45, 2.75) is 9.96 Å². The maximum Gasteiger partial charge on any atom is 0.245 e. The molecule has 148 valence electrons. The van der Waals surface area contributed by atoms with Gasteiger partial charge in [0, 0.05) is 11.8 Å². The van der Waals surface area contributed by atoms with Gasteiger partial charge >= 0.3 is 0 Å². The molecule has 0 aliphatic heterocycles. The van der Waals surface area contributed by atoms with Crippen LogP contribution in [0, 0.1) is 0 Å². The summed E-state index contributed by atoms with van der Waals surface area (Å²) in [7, 11) is 1.58. The Balaban J connectivity index is 1.97. The lowest BCUT2D eigenvalue weighted by Gasteiger charge is -2.27. The highest BCUT2D eigenvalue weighted by Gasteiger charge is 2.34. The summed E-state index contributed by atoms with van der Waals surface area (Å²) in [6.07, 6.45) is 1.95. The van der Waals surface area contributed by atoms with Crippen molar-refractivity contribution in [3.63, 3.8) is 0 Å². The Kier molecular flexibility index (Phi) is 8.38. The number of carbonyl (C=O) groups is 1. The molecular weight excluding hydrogens is 441 g/mol. The first kappa shape index (κ1) is 22.3. The van der Waals surface area contributed by atoms with E-state index in [2.05, 4.69) is 16.0 Å². The van der Waals surface area contributed by atoms with Crippen LogP contribution in [0.3, 0.4) is 0 Å². The van der Waals surface area contributed by atoms with Crippen molar-refractivity contribution in [3.05, 3.63) is 66.2 Å². The Hall–Kier alpha value is -1.99. The van der Waals surface area contributed by atoms with Crippen molar-refractivity contribution < 1.29 is 9.53 Å². The van der Waals surface area contributed by atoms with Crippen LogP contribution in [0.5, 0.6) is 5.75 Å². The van der Waals surface area contributed by atoms with Gasteiger partial charge in [0.1, 0.15) is 11.9 Å². The molecule has 2 aromatic carbocycles. The van der Waals surface area contributed by atoms with E-state index in [0.29, 0.717) is 11.4 Å². The van der Waals surface area contributed by atoms with Gasteiger partial charge in [-0.05, 0) is 48.1 Å². The van der Waals surface area contributed by atoms with Gasteiger partial charge in [0.2, 0.25) is 9.70 Å². The Labute approximate surface area is 184 Å². The standard InChI is InChI=1S/C19H18Cl3N3O2S/c1-27-15-10-8-14(9-11-15)23-18(28)25-17(19(20,21)22)24-16(26)12-7-13-5-3-2-4-6-13/h2-12,17H,1H3,(H,24,26)(H2,23,25,28)/b12-7-. The molecule has 3 N–H and O–H groups in total. The normalized spacial score (nSPS) is 12.3. The third kappa shape index (κ3) is 7.56. The molecule has 1 atom stereocenters. The van der Waals surface area contributed by atoms with Crippen molar-refractivity contribution in [3.8, 4) is 5.75 Å². The van der Waals surface area contributed by atoms with Crippen molar-refractivity contribution in [1.82, 2.24) is 10.6 Å². The van der Waals surface area contributed by atoms with Crippen LogP contribution in [-0.2, 0) is 4.79 Å². The van der Waals surface area contributed by atoms with E-state index in [4.69, 9.17) is 51.8 Å². The number of nitrogens with one attached hydrogen (secondary N) is 3. The number of hydrogen-bond acceptors (Lipinski definition) is 3. The van der Waals surface area contributed by atoms with E-state index in [1.807, 2.05) is 30.3 Å². The van der Waals surface area contributed by atoms with E-state index in [1.165, 1.54) is 6.08 Å². The van der Waals surface area contributed by atoms with Gasteiger partial charge in [0.25, 0.3) is 0 Å². The predicted molar refractivity (Wildman–Crippen MR) is 120 cm³/mol. The highest BCUT2D eigenvalue weighted by Crippen LogP contribution is 2.29. The van der Waals surface area contributed by atoms with Gasteiger partial charge in [-0.2, -0.15) is 0 Å². The van der Waals surface area contributed by atoms with Crippen molar-refractivity contribution in [2.24, 2.45) is 0 Å². The second-order valence-corrected chi connectivity index (χ2v) is 8.33. The summed E-state index contributed by atoms with van der Waals surface area (Å²) in [6, 6.07) is 16.4. The van der Waals surface area contributed by atoms with E-state index in [1.54, 1.807) is 37.5 Å². The second kappa shape index (κ2) is 10.5. The van der Waals surface area contributed by atoms with E-state index in [0.717, 1.165) is 5.56 Å². The molecule has 0 aromatic heterocycles. The van der Waals surface area contributed by atoms with Gasteiger partial charge in [0.15, 0.2) is 5.11 Å². The maximum absolute atomic E-state index is 12.2. The highest BCUT2D eigenvalue weighted by atomic mass is 35.6. The number of rotatable bonds is 6. The molecule has 0 saturated carbocycles. The zero-order valence-corrected chi connectivity index (χ0v) is 17.9. The van der Waals surface area contributed by atoms with Crippen LogP contribution in [-0.4, -0.2) is 28.1 Å². The lowest BCUT2D eigenvalue weighted by molar-refractivity contribution is -0.117. The van der Waals surface area contributed by atoms with Gasteiger partial charge in [-0.15, -0.1) is 0 Å². The molecule has 0 spiro atoms. The fourth-order valence-corrected chi connectivity index (χ4v) is 2.66. The van der Waals surface area contributed by atoms with Gasteiger partial charge in [-0.3, -0.25) is 4.79 Å². The number of halogens is 3. The molecule has 2 aromatic rings. The van der Waals surface area contributed by atoms with E-state index < -0.39 is 15.9 Å². The lowest BCUT2D eigenvalue weighted by atomic mass is 10.2. The quantitative estimate of drug-likeness (QED) is 0.257. The highest BCUT2D eigenvalue weighted by molar-refractivity contribution is 7.80. The van der Waals surface area contributed by atoms with E-state index in [9.17, 15) is 4.79 Å². The smallest absolute Gasteiger partial charge is 0.245 e. The number of methoxy groups -OCH3 is 1. The number of carbonyl (C=O) groups excluding carboxylic acids is 1. The molecule has 1 amide bonds. The molecule has 28 heavy (non-hydrogen) atoms. The fraction of sp³-hybridized carbons (Fsp3) is 0.158. The Bertz CT molecular complexity index is 825. The molecule has 2 rings (SSSR count). The van der Waals surface area contributed by atoms with Crippen LogP contribution in [0.1, 0.15) is 5.56 Å². The van der Waals surface area contributed by atoms with E-state index >= 15 is 0 Å². The summed E-state index contributed by atoms with van der Waals surface area (Å²) < 4.78 is 3.27. The van der Waals surface area contributed by atoms with Crippen molar-refractivity contribution in [1.29, 1.82) is 0 Å². The minimum atomic E-state index is -1.83. The van der Waals surface area contributed by atoms with Crippen LogP contribution >= 0.6 is 47.0 Å². The molecule has 1 unspecified atom stereocenters. The molecule has 5 nitrogen and oxygen atoms in total. The largest absolute Gasteiger partial charge is 0.497 e. The molecule has 0 aliphatic carbocycles. The summed E-state index contributed by atoms with van der Waals surface area (Å²) in [5, 5.41) is 8.49. The summed E-state index contributed by atoms with van der Waals surface area (Å²) in [5.41, 5.74) is 1.57. The Morgan fingerprint density at radius 1 is 1.07 bits per heavy atom. The molecule has 0 fully saturated rings. The number of hydrogen-bond donors (Lipinski definition) is 3. The van der Waals surface area contributed by atoms with Crippen LogP contribution in [0.4, 0.5) is 5.69 Å². The molecule has 9 heteroatoms. The van der Waals surface area contributed by atoms with Crippen LogP contribution in [0.25, 0.3) is 6.08 Å². The number of benzene rings is 2. The number of amides is 1. The monoisotopic (exact) mass is 457 g/mol. The zero-order chi connectivity index (χ0) is 20.6. The molecule has 0 radical (unpaired) electrons. The Morgan fingerprint density at radius 2 is 1.71 bits per heavy atom. The average Bonchev–Trinajstić information content (AvgIpc) is 2.66. The number of anilines is 1. The second-order valence-electron chi connectivity index (χ2n) is 5.55. The maximum atomic E-state index is 12.2. The van der Waals surface area contributed by atoms with Gasteiger partial charge in [0.05, 0.1) is 7.11 Å². The summed E-state index contributed by atoms with van der Waals surface area (Å²) in [6.45, 7) is 0. The zero-order valence-electron chi connectivity index (χ0n) is 14.8. The van der Waals surface area contributed by atoms with E-state index in [-0.39, 0.29) is 5.11 Å². The third-order valence-corrected chi connectivity index (χ3v) is 4.34. The summed E-state index contributed by atoms with van der Waals surface area (Å²) >= 11 is 23.2. The number of alkyl halides is 3. The first-order chi connectivity index (χ1) is 13.3. The summed E-state index contributed by atoms with van der Waals surface area (Å²) in [5.74, 6) is 0.265. The van der Waals surface area contributed by atoms with Gasteiger partial charge in [-0.1, -0.05) is 65.1 Å². The first-order valence-corrected chi connectivity index (χ1v) is 9.64. The fourth-order valence-electron chi connectivity index (χ4n) is 2.10. The molecule has 0 bridgehead atoms. The van der Waals surface area contributed by atoms with Crippen LogP contribution in [0.15, 0.2) is 60.7 Å². The van der Waals surface area contributed by atoms with Crippen molar-refractivity contribution in [2.75, 3.05) is 12.4 Å². The minimum absolute atomic E-state index is 0.175.